The number of allylic oxidation sites excluding steroid dienone is 22. The summed E-state index contributed by atoms with van der Waals surface area (Å²) in [6.45, 7) is 4.40. The summed E-state index contributed by atoms with van der Waals surface area (Å²) < 4.78 is 17.3. The van der Waals surface area contributed by atoms with Gasteiger partial charge in [-0.05, 0) is 70.6 Å². The van der Waals surface area contributed by atoms with Gasteiger partial charge in [-0.15, -0.1) is 0 Å². The molecule has 8 nitrogen and oxygen atoms in total. The van der Waals surface area contributed by atoms with Crippen LogP contribution in [0.2, 0.25) is 0 Å². The largest absolute Gasteiger partial charge is 0.477 e. The Morgan fingerprint density at radius 2 is 0.892 bits per heavy atom. The molecule has 0 heterocycles. The van der Waals surface area contributed by atoms with Crippen molar-refractivity contribution in [3.63, 3.8) is 0 Å². The minimum Gasteiger partial charge on any atom is -0.477 e. The number of carboxylic acids is 1. The van der Waals surface area contributed by atoms with Crippen molar-refractivity contribution in [3.8, 4) is 0 Å². The minimum atomic E-state index is -0.890. The molecule has 0 amide bonds. The van der Waals surface area contributed by atoms with Crippen molar-refractivity contribution in [2.24, 2.45) is 0 Å². The summed E-state index contributed by atoms with van der Waals surface area (Å²) in [6, 6.07) is -0.634. The topological polar surface area (TPSA) is 99.1 Å². The summed E-state index contributed by atoms with van der Waals surface area (Å²) in [5.41, 5.74) is 0. The zero-order chi connectivity index (χ0) is 47.7. The SMILES string of the molecule is CC/C=C/C=C/C=C/C=C/C=C/C=C/C=C/CCCCCC(=O)OC(COCCC(C(=O)O)[N+](C)(C)C)COC(=O)CCCCCCCCCCC/C=C/C/C=C/C/C=C/C/C=C/CC. The molecular formula is C57H90NO7+. The Bertz CT molecular complexity index is 1520. The van der Waals surface area contributed by atoms with E-state index in [0.717, 1.165) is 77.0 Å². The molecule has 0 aliphatic carbocycles. The molecule has 0 spiro atoms. The molecule has 0 radical (unpaired) electrons. The van der Waals surface area contributed by atoms with Gasteiger partial charge in [-0.25, -0.2) is 4.79 Å². The Morgan fingerprint density at radius 3 is 1.40 bits per heavy atom. The van der Waals surface area contributed by atoms with Gasteiger partial charge < -0.3 is 23.8 Å². The van der Waals surface area contributed by atoms with E-state index in [1.54, 1.807) is 0 Å². The number of quaternary nitrogens is 1. The first-order chi connectivity index (χ1) is 31.6. The molecular weight excluding hydrogens is 811 g/mol. The Labute approximate surface area is 396 Å². The second-order valence-electron chi connectivity index (χ2n) is 17.1. The summed E-state index contributed by atoms with van der Waals surface area (Å²) in [4.78, 5) is 37.1. The first-order valence-corrected chi connectivity index (χ1v) is 24.8. The first-order valence-electron chi connectivity index (χ1n) is 24.8. The molecule has 0 bridgehead atoms. The highest BCUT2D eigenvalue weighted by Crippen LogP contribution is 2.14. The van der Waals surface area contributed by atoms with E-state index in [2.05, 4.69) is 74.6 Å². The second-order valence-corrected chi connectivity index (χ2v) is 17.1. The van der Waals surface area contributed by atoms with Gasteiger partial charge in [-0.1, -0.05) is 199 Å². The van der Waals surface area contributed by atoms with Crippen LogP contribution in [-0.4, -0.2) is 80.6 Å². The molecule has 0 aromatic carbocycles. The minimum absolute atomic E-state index is 0.0303. The van der Waals surface area contributed by atoms with Crippen molar-refractivity contribution >= 4 is 17.9 Å². The molecule has 0 fully saturated rings. The van der Waals surface area contributed by atoms with Gasteiger partial charge >= 0.3 is 17.9 Å². The van der Waals surface area contributed by atoms with Gasteiger partial charge in [-0.2, -0.15) is 0 Å². The maximum atomic E-state index is 12.8. The number of unbranched alkanes of at least 4 members (excludes halogenated alkanes) is 12. The van der Waals surface area contributed by atoms with Gasteiger partial charge in [-0.3, -0.25) is 9.59 Å². The molecule has 364 valence electrons. The van der Waals surface area contributed by atoms with Gasteiger partial charge in [0.1, 0.15) is 6.61 Å². The monoisotopic (exact) mass is 901 g/mol. The van der Waals surface area contributed by atoms with E-state index in [-0.39, 0.29) is 42.7 Å². The molecule has 0 aromatic heterocycles. The Balaban J connectivity index is 4.40. The number of aliphatic carboxylic acids is 1. The van der Waals surface area contributed by atoms with E-state index in [0.29, 0.717) is 19.3 Å². The van der Waals surface area contributed by atoms with Gasteiger partial charge in [0.2, 0.25) is 0 Å². The Kier molecular flexibility index (Phi) is 42.8. The van der Waals surface area contributed by atoms with Crippen LogP contribution in [0.1, 0.15) is 155 Å². The number of nitrogens with zero attached hydrogens (tertiary/aromatic N) is 1. The zero-order valence-electron chi connectivity index (χ0n) is 41.4. The fourth-order valence-corrected chi connectivity index (χ4v) is 6.48. The number of hydrogen-bond donors (Lipinski definition) is 1. The summed E-state index contributed by atoms with van der Waals surface area (Å²) in [5.74, 6) is -1.55. The number of hydrogen-bond acceptors (Lipinski definition) is 6. The van der Waals surface area contributed by atoms with Crippen LogP contribution in [-0.2, 0) is 28.6 Å². The molecule has 2 unspecified atom stereocenters. The average molecular weight is 901 g/mol. The van der Waals surface area contributed by atoms with E-state index < -0.39 is 18.1 Å². The molecule has 2 atom stereocenters. The molecule has 0 saturated carbocycles. The predicted octanol–water partition coefficient (Wildman–Crippen LogP) is 14.4. The smallest absolute Gasteiger partial charge is 0.362 e. The van der Waals surface area contributed by atoms with Crippen molar-refractivity contribution in [2.45, 2.75) is 167 Å². The molecule has 1 N–H and O–H groups in total. The van der Waals surface area contributed by atoms with Crippen LogP contribution in [0, 0.1) is 0 Å². The molecule has 0 aromatic rings. The fraction of sp³-hybridized carbons (Fsp3) is 0.561. The second kappa shape index (κ2) is 46.0. The van der Waals surface area contributed by atoms with Crippen molar-refractivity contribution in [2.75, 3.05) is 41.0 Å². The molecule has 0 saturated heterocycles. The fourth-order valence-electron chi connectivity index (χ4n) is 6.48. The molecule has 65 heavy (non-hydrogen) atoms. The molecule has 0 aliphatic heterocycles. The van der Waals surface area contributed by atoms with Crippen molar-refractivity contribution in [1.29, 1.82) is 0 Å². The maximum absolute atomic E-state index is 12.8. The standard InChI is InChI=1S/C57H89NO7/c1-6-8-10-12-14-16-18-20-22-24-26-27-28-30-31-33-35-37-39-41-43-45-47-55(59)64-52-53(51-63-50-49-54(57(61)62)58(3,4)5)65-56(60)48-46-44-42-40-38-36-34-32-29-25-23-21-19-17-15-13-11-9-7-2/h8-11,13-17,19-23,25-27,29,32,34,36,38,53-54H,6-7,12,18,24,28,30-31,33,35,37,39-52H2,1-5H3/p+1/b10-8+,11-9+,15-13+,16-14+,19-17+,22-20+,23-21+,27-26+,29-25+,34-32+,38-36+. The lowest BCUT2D eigenvalue weighted by Gasteiger charge is -2.31. The lowest BCUT2D eigenvalue weighted by atomic mass is 10.1. The van der Waals surface area contributed by atoms with Crippen molar-refractivity contribution < 1.29 is 38.2 Å². The summed E-state index contributed by atoms with van der Waals surface area (Å²) in [6.07, 6.45) is 66.4. The number of carbonyl (C=O) groups is 3. The van der Waals surface area contributed by atoms with E-state index in [1.165, 1.54) is 38.5 Å². The molecule has 8 heteroatoms. The van der Waals surface area contributed by atoms with E-state index in [4.69, 9.17) is 14.2 Å². The van der Waals surface area contributed by atoms with Crippen LogP contribution < -0.4 is 0 Å². The number of rotatable bonds is 42. The van der Waals surface area contributed by atoms with Gasteiger partial charge in [0, 0.05) is 19.3 Å². The highest BCUT2D eigenvalue weighted by molar-refractivity contribution is 5.72. The Hall–Kier alpha value is -4.53. The average Bonchev–Trinajstić information content (AvgIpc) is 3.27. The third kappa shape index (κ3) is 44.5. The number of carbonyl (C=O) groups excluding carboxylic acids is 2. The lowest BCUT2D eigenvalue weighted by molar-refractivity contribution is -0.887. The van der Waals surface area contributed by atoms with Gasteiger partial charge in [0.15, 0.2) is 12.1 Å². The first kappa shape index (κ1) is 60.5. The third-order valence-electron chi connectivity index (χ3n) is 10.2. The van der Waals surface area contributed by atoms with Crippen LogP contribution in [0.5, 0.6) is 0 Å². The van der Waals surface area contributed by atoms with Crippen LogP contribution in [0.3, 0.4) is 0 Å². The zero-order valence-corrected chi connectivity index (χ0v) is 41.4. The lowest BCUT2D eigenvalue weighted by Crippen LogP contribution is -2.50. The van der Waals surface area contributed by atoms with Crippen molar-refractivity contribution in [3.05, 3.63) is 134 Å². The highest BCUT2D eigenvalue weighted by Gasteiger charge is 2.31. The van der Waals surface area contributed by atoms with E-state index in [9.17, 15) is 19.5 Å². The summed E-state index contributed by atoms with van der Waals surface area (Å²) in [5, 5.41) is 9.65. The number of esters is 2. The summed E-state index contributed by atoms with van der Waals surface area (Å²) in [7, 11) is 5.50. The maximum Gasteiger partial charge on any atom is 0.362 e. The van der Waals surface area contributed by atoms with Crippen LogP contribution >= 0.6 is 0 Å². The highest BCUT2D eigenvalue weighted by atomic mass is 16.6. The van der Waals surface area contributed by atoms with Crippen molar-refractivity contribution in [1.82, 2.24) is 0 Å². The van der Waals surface area contributed by atoms with Crippen LogP contribution in [0.15, 0.2) is 134 Å². The predicted molar refractivity (Wildman–Crippen MR) is 275 cm³/mol. The number of ether oxygens (including phenoxy) is 3. The Morgan fingerprint density at radius 1 is 0.477 bits per heavy atom. The third-order valence-corrected chi connectivity index (χ3v) is 10.2. The molecule has 0 rings (SSSR count). The van der Waals surface area contributed by atoms with E-state index in [1.807, 2.05) is 94.1 Å². The van der Waals surface area contributed by atoms with Gasteiger partial charge in [0.05, 0.1) is 34.4 Å². The van der Waals surface area contributed by atoms with Crippen LogP contribution in [0.25, 0.3) is 0 Å². The van der Waals surface area contributed by atoms with Crippen LogP contribution in [0.4, 0.5) is 0 Å². The normalized spacial score (nSPS) is 14.0. The van der Waals surface area contributed by atoms with E-state index >= 15 is 0 Å². The quantitative estimate of drug-likeness (QED) is 0.0214. The number of likely N-dealkylation sites (N-methyl/N-ethyl adjacent to an activating group) is 1. The number of carboxylic acid groups (broad SMARTS) is 1. The molecule has 0 aliphatic rings. The van der Waals surface area contributed by atoms with Gasteiger partial charge in [0.25, 0.3) is 0 Å². The summed E-state index contributed by atoms with van der Waals surface area (Å²) >= 11 is 0.